The molecule has 0 spiro atoms. The van der Waals surface area contributed by atoms with Gasteiger partial charge in [-0.2, -0.15) is 0 Å². The molecule has 0 aromatic carbocycles. The highest BCUT2D eigenvalue weighted by atomic mass is 16.5. The Labute approximate surface area is 118 Å². The normalized spacial score (nSPS) is 20.8. The predicted molar refractivity (Wildman–Crippen MR) is 77.6 cm³/mol. The highest BCUT2D eigenvalue weighted by Crippen LogP contribution is 2.18. The summed E-state index contributed by atoms with van der Waals surface area (Å²) in [6.45, 7) is 6.38. The summed E-state index contributed by atoms with van der Waals surface area (Å²) in [5, 5.41) is 3.57. The van der Waals surface area contributed by atoms with E-state index in [1.54, 1.807) is 7.11 Å². The molecule has 1 heterocycles. The van der Waals surface area contributed by atoms with Crippen molar-refractivity contribution in [3.05, 3.63) is 0 Å². The lowest BCUT2D eigenvalue weighted by Crippen LogP contribution is -2.34. The summed E-state index contributed by atoms with van der Waals surface area (Å²) in [5.41, 5.74) is 0. The van der Waals surface area contributed by atoms with Crippen molar-refractivity contribution in [3.63, 3.8) is 0 Å². The van der Waals surface area contributed by atoms with E-state index >= 15 is 0 Å². The minimum Gasteiger partial charge on any atom is -0.382 e. The first-order valence-corrected chi connectivity index (χ1v) is 7.78. The monoisotopic (exact) mass is 273 g/mol. The second kappa shape index (κ2) is 11.6. The Morgan fingerprint density at radius 3 is 2.95 bits per heavy atom. The smallest absolute Gasteiger partial charge is 0.0701 e. The summed E-state index contributed by atoms with van der Waals surface area (Å²) < 4.78 is 16.3. The van der Waals surface area contributed by atoms with E-state index in [2.05, 4.69) is 12.2 Å². The molecule has 1 rings (SSSR count). The summed E-state index contributed by atoms with van der Waals surface area (Å²) in [4.78, 5) is 0. The lowest BCUT2D eigenvalue weighted by Gasteiger charge is -2.19. The van der Waals surface area contributed by atoms with Crippen molar-refractivity contribution in [2.24, 2.45) is 0 Å². The van der Waals surface area contributed by atoms with Crippen LogP contribution in [0.3, 0.4) is 0 Å². The standard InChI is InChI=1S/C15H31NO3/c1-3-9-16-14(13-18-12-11-17-2)6-4-7-15-8-5-10-19-15/h14-16H,3-13H2,1-2H3. The molecule has 1 N–H and O–H groups in total. The second-order valence-corrected chi connectivity index (χ2v) is 5.28. The minimum atomic E-state index is 0.471. The maximum atomic E-state index is 5.66. The van der Waals surface area contributed by atoms with Gasteiger partial charge in [-0.15, -0.1) is 0 Å². The SMILES string of the molecule is CCCNC(CCCC1CCCO1)COCCOC. The molecule has 19 heavy (non-hydrogen) atoms. The molecule has 0 aromatic rings. The van der Waals surface area contributed by atoms with E-state index in [1.807, 2.05) is 0 Å². The first-order chi connectivity index (χ1) is 9.36. The van der Waals surface area contributed by atoms with Gasteiger partial charge in [0.05, 0.1) is 25.9 Å². The van der Waals surface area contributed by atoms with Gasteiger partial charge in [-0.05, 0) is 45.1 Å². The number of ether oxygens (including phenoxy) is 3. The third-order valence-electron chi connectivity index (χ3n) is 3.54. The largest absolute Gasteiger partial charge is 0.382 e. The van der Waals surface area contributed by atoms with E-state index in [0.717, 1.165) is 19.8 Å². The molecule has 1 saturated heterocycles. The topological polar surface area (TPSA) is 39.7 Å². The fraction of sp³-hybridized carbons (Fsp3) is 1.00. The first-order valence-electron chi connectivity index (χ1n) is 7.78. The van der Waals surface area contributed by atoms with Crippen LogP contribution >= 0.6 is 0 Å². The van der Waals surface area contributed by atoms with Gasteiger partial charge < -0.3 is 19.5 Å². The summed E-state index contributed by atoms with van der Waals surface area (Å²) in [6, 6.07) is 0.471. The van der Waals surface area contributed by atoms with Crippen LogP contribution in [0.4, 0.5) is 0 Å². The van der Waals surface area contributed by atoms with Crippen molar-refractivity contribution in [1.82, 2.24) is 5.32 Å². The van der Waals surface area contributed by atoms with Crippen LogP contribution in [0.1, 0.15) is 45.4 Å². The van der Waals surface area contributed by atoms with Gasteiger partial charge in [0.2, 0.25) is 0 Å². The highest BCUT2D eigenvalue weighted by Gasteiger charge is 2.16. The zero-order chi connectivity index (χ0) is 13.8. The third kappa shape index (κ3) is 8.58. The average Bonchev–Trinajstić information content (AvgIpc) is 2.93. The fourth-order valence-electron chi connectivity index (χ4n) is 2.42. The molecular formula is C15H31NO3. The Bertz CT molecular complexity index is 196. The zero-order valence-electron chi connectivity index (χ0n) is 12.7. The van der Waals surface area contributed by atoms with Gasteiger partial charge in [-0.1, -0.05) is 6.92 Å². The Morgan fingerprint density at radius 2 is 2.26 bits per heavy atom. The predicted octanol–water partition coefficient (Wildman–Crippen LogP) is 2.37. The molecule has 0 aliphatic carbocycles. The van der Waals surface area contributed by atoms with Crippen LogP contribution in [0.5, 0.6) is 0 Å². The van der Waals surface area contributed by atoms with Crippen LogP contribution in [-0.2, 0) is 14.2 Å². The minimum absolute atomic E-state index is 0.471. The lowest BCUT2D eigenvalue weighted by atomic mass is 10.1. The molecule has 0 saturated carbocycles. The van der Waals surface area contributed by atoms with Crippen LogP contribution in [0.2, 0.25) is 0 Å². The van der Waals surface area contributed by atoms with Crippen molar-refractivity contribution in [1.29, 1.82) is 0 Å². The highest BCUT2D eigenvalue weighted by molar-refractivity contribution is 4.70. The van der Waals surface area contributed by atoms with E-state index in [9.17, 15) is 0 Å². The van der Waals surface area contributed by atoms with E-state index in [-0.39, 0.29) is 0 Å². The zero-order valence-corrected chi connectivity index (χ0v) is 12.7. The van der Waals surface area contributed by atoms with Crippen molar-refractivity contribution >= 4 is 0 Å². The number of hydrogen-bond donors (Lipinski definition) is 1. The van der Waals surface area contributed by atoms with Gasteiger partial charge in [0, 0.05) is 19.8 Å². The van der Waals surface area contributed by atoms with Crippen LogP contribution in [0.15, 0.2) is 0 Å². The molecule has 0 aromatic heterocycles. The molecule has 1 fully saturated rings. The average molecular weight is 273 g/mol. The number of hydrogen-bond acceptors (Lipinski definition) is 4. The Morgan fingerprint density at radius 1 is 1.37 bits per heavy atom. The van der Waals surface area contributed by atoms with Crippen LogP contribution < -0.4 is 5.32 Å². The number of rotatable bonds is 12. The van der Waals surface area contributed by atoms with E-state index in [0.29, 0.717) is 25.4 Å². The van der Waals surface area contributed by atoms with Crippen LogP contribution in [0.25, 0.3) is 0 Å². The van der Waals surface area contributed by atoms with Gasteiger partial charge in [0.15, 0.2) is 0 Å². The van der Waals surface area contributed by atoms with Gasteiger partial charge >= 0.3 is 0 Å². The molecule has 0 amide bonds. The Hall–Kier alpha value is -0.160. The first kappa shape index (κ1) is 16.9. The molecule has 2 atom stereocenters. The maximum absolute atomic E-state index is 5.66. The fourth-order valence-corrected chi connectivity index (χ4v) is 2.42. The van der Waals surface area contributed by atoms with Gasteiger partial charge in [-0.3, -0.25) is 0 Å². The van der Waals surface area contributed by atoms with Crippen LogP contribution in [0, 0.1) is 0 Å². The van der Waals surface area contributed by atoms with Gasteiger partial charge in [-0.25, -0.2) is 0 Å². The van der Waals surface area contributed by atoms with Crippen molar-refractivity contribution < 1.29 is 14.2 Å². The van der Waals surface area contributed by atoms with E-state index in [1.165, 1.54) is 38.5 Å². The van der Waals surface area contributed by atoms with Gasteiger partial charge in [0.25, 0.3) is 0 Å². The maximum Gasteiger partial charge on any atom is 0.0701 e. The molecule has 4 heteroatoms. The van der Waals surface area contributed by atoms with Gasteiger partial charge in [0.1, 0.15) is 0 Å². The van der Waals surface area contributed by atoms with Crippen LogP contribution in [-0.4, -0.2) is 52.2 Å². The second-order valence-electron chi connectivity index (χ2n) is 5.28. The lowest BCUT2D eigenvalue weighted by molar-refractivity contribution is 0.0555. The summed E-state index contributed by atoms with van der Waals surface area (Å²) in [6.07, 6.45) is 7.76. The summed E-state index contributed by atoms with van der Waals surface area (Å²) in [5.74, 6) is 0. The Balaban J connectivity index is 2.08. The molecule has 114 valence electrons. The summed E-state index contributed by atoms with van der Waals surface area (Å²) >= 11 is 0. The molecule has 4 nitrogen and oxygen atoms in total. The molecule has 1 aliphatic heterocycles. The van der Waals surface area contributed by atoms with Crippen molar-refractivity contribution in [2.75, 3.05) is 40.1 Å². The number of methoxy groups -OCH3 is 1. The Kier molecular flexibility index (Phi) is 10.4. The number of nitrogens with one attached hydrogen (secondary N) is 1. The van der Waals surface area contributed by atoms with E-state index in [4.69, 9.17) is 14.2 Å². The van der Waals surface area contributed by atoms with Crippen molar-refractivity contribution in [2.45, 2.75) is 57.6 Å². The van der Waals surface area contributed by atoms with E-state index < -0.39 is 0 Å². The molecular weight excluding hydrogens is 242 g/mol. The quantitative estimate of drug-likeness (QED) is 0.554. The molecule has 0 radical (unpaired) electrons. The molecule has 1 aliphatic rings. The summed E-state index contributed by atoms with van der Waals surface area (Å²) in [7, 11) is 1.71. The third-order valence-corrected chi connectivity index (χ3v) is 3.54. The molecule has 0 bridgehead atoms. The molecule has 2 unspecified atom stereocenters. The van der Waals surface area contributed by atoms with Crippen molar-refractivity contribution in [3.8, 4) is 0 Å².